The van der Waals surface area contributed by atoms with E-state index in [1.54, 1.807) is 43.3 Å². The largest absolute Gasteiger partial charge is 0.496 e. The minimum Gasteiger partial charge on any atom is -0.496 e. The normalized spacial score (nSPS) is 11.4. The third-order valence-electron chi connectivity index (χ3n) is 4.70. The molecule has 0 aromatic heterocycles. The van der Waals surface area contributed by atoms with Crippen molar-refractivity contribution in [3.8, 4) is 17.2 Å². The maximum absolute atomic E-state index is 14.2. The van der Waals surface area contributed by atoms with Crippen molar-refractivity contribution < 1.29 is 28.2 Å². The third kappa shape index (κ3) is 6.87. The molecular weight excluding hydrogens is 403 g/mol. The van der Waals surface area contributed by atoms with Gasteiger partial charge in [0.15, 0.2) is 6.61 Å². The van der Waals surface area contributed by atoms with E-state index in [2.05, 4.69) is 5.32 Å². The van der Waals surface area contributed by atoms with Crippen LogP contribution in [0, 0.1) is 5.82 Å². The molecule has 0 spiro atoms. The average molecular weight is 432 g/mol. The van der Waals surface area contributed by atoms with E-state index in [1.165, 1.54) is 25.2 Å². The van der Waals surface area contributed by atoms with Crippen molar-refractivity contribution in [3.05, 3.63) is 53.8 Å². The van der Waals surface area contributed by atoms with Crippen LogP contribution in [0.3, 0.4) is 0 Å². The summed E-state index contributed by atoms with van der Waals surface area (Å²) < 4.78 is 30.2. The highest BCUT2D eigenvalue weighted by Crippen LogP contribution is 2.27. The van der Waals surface area contributed by atoms with Crippen molar-refractivity contribution in [1.82, 2.24) is 10.2 Å². The van der Waals surface area contributed by atoms with Crippen LogP contribution < -0.4 is 19.5 Å². The van der Waals surface area contributed by atoms with E-state index >= 15 is 0 Å². The van der Waals surface area contributed by atoms with Gasteiger partial charge < -0.3 is 24.4 Å². The van der Waals surface area contributed by atoms with Gasteiger partial charge >= 0.3 is 0 Å². The van der Waals surface area contributed by atoms with Crippen LogP contribution in [0.4, 0.5) is 4.39 Å². The second-order valence-electron chi connectivity index (χ2n) is 6.92. The van der Waals surface area contributed by atoms with Gasteiger partial charge in [0.1, 0.15) is 29.1 Å². The maximum Gasteiger partial charge on any atom is 0.261 e. The van der Waals surface area contributed by atoms with Crippen molar-refractivity contribution >= 4 is 11.8 Å². The van der Waals surface area contributed by atoms with Crippen molar-refractivity contribution in [2.75, 3.05) is 27.4 Å². The van der Waals surface area contributed by atoms with Gasteiger partial charge in [-0.15, -0.1) is 0 Å². The summed E-state index contributed by atoms with van der Waals surface area (Å²) in [6, 6.07) is 10.3. The highest BCUT2D eigenvalue weighted by Gasteiger charge is 2.27. The summed E-state index contributed by atoms with van der Waals surface area (Å²) in [4.78, 5) is 26.8. The zero-order valence-corrected chi connectivity index (χ0v) is 18.3. The second kappa shape index (κ2) is 11.8. The summed E-state index contributed by atoms with van der Waals surface area (Å²) in [5.74, 6) is 0.187. The molecule has 7 nitrogen and oxygen atoms in total. The molecule has 0 aliphatic heterocycles. The number of hydrogen-bond donors (Lipinski definition) is 1. The standard InChI is InChI=1S/C23H29FN2O5/c1-5-10-25-23(28)16(2)26(14-17-8-6-7-9-21(17)24)22(27)15-31-20-12-18(29-3)11-19(13-20)30-4/h6-9,11-13,16H,5,10,14-15H2,1-4H3,(H,25,28)/t16-/m1/s1. The first-order chi connectivity index (χ1) is 14.9. The van der Waals surface area contributed by atoms with Crippen molar-refractivity contribution in [2.24, 2.45) is 0 Å². The Morgan fingerprint density at radius 1 is 1.06 bits per heavy atom. The summed E-state index contributed by atoms with van der Waals surface area (Å²) in [6.07, 6.45) is 0.764. The van der Waals surface area contributed by atoms with Gasteiger partial charge in [-0.2, -0.15) is 0 Å². The van der Waals surface area contributed by atoms with Gasteiger partial charge in [-0.25, -0.2) is 4.39 Å². The number of carbonyl (C=O) groups excluding carboxylic acids is 2. The average Bonchev–Trinajstić information content (AvgIpc) is 2.79. The molecule has 2 amide bonds. The fourth-order valence-corrected chi connectivity index (χ4v) is 2.88. The lowest BCUT2D eigenvalue weighted by Gasteiger charge is -2.29. The number of nitrogens with one attached hydrogen (secondary N) is 1. The van der Waals surface area contributed by atoms with Crippen LogP contribution >= 0.6 is 0 Å². The molecule has 1 atom stereocenters. The minimum atomic E-state index is -0.804. The molecular formula is C23H29FN2O5. The first-order valence-corrected chi connectivity index (χ1v) is 10.1. The van der Waals surface area contributed by atoms with Crippen molar-refractivity contribution in [3.63, 3.8) is 0 Å². The van der Waals surface area contributed by atoms with E-state index in [1.807, 2.05) is 6.92 Å². The van der Waals surface area contributed by atoms with Crippen LogP contribution in [0.2, 0.25) is 0 Å². The van der Waals surface area contributed by atoms with Crippen molar-refractivity contribution in [2.45, 2.75) is 32.9 Å². The van der Waals surface area contributed by atoms with Crippen LogP contribution in [0.15, 0.2) is 42.5 Å². The minimum absolute atomic E-state index is 0.0585. The SMILES string of the molecule is CCCNC(=O)[C@@H](C)N(Cc1ccccc1F)C(=O)COc1cc(OC)cc(OC)c1. The number of carbonyl (C=O) groups is 2. The Kier molecular flexibility index (Phi) is 9.12. The molecule has 31 heavy (non-hydrogen) atoms. The molecule has 0 aliphatic carbocycles. The molecule has 0 unspecified atom stereocenters. The lowest BCUT2D eigenvalue weighted by atomic mass is 10.1. The molecule has 168 valence electrons. The number of benzene rings is 2. The molecule has 0 radical (unpaired) electrons. The van der Waals surface area contributed by atoms with Crippen molar-refractivity contribution in [1.29, 1.82) is 0 Å². The fraction of sp³-hybridized carbons (Fsp3) is 0.391. The van der Waals surface area contributed by atoms with Crippen LogP contribution in [0.5, 0.6) is 17.2 Å². The number of nitrogens with zero attached hydrogens (tertiary/aromatic N) is 1. The number of hydrogen-bond acceptors (Lipinski definition) is 5. The van der Waals surface area contributed by atoms with E-state index in [4.69, 9.17) is 14.2 Å². The molecule has 1 N–H and O–H groups in total. The van der Waals surface area contributed by atoms with Gasteiger partial charge in [0.05, 0.1) is 14.2 Å². The zero-order chi connectivity index (χ0) is 22.8. The molecule has 0 fully saturated rings. The van der Waals surface area contributed by atoms with E-state index in [0.717, 1.165) is 6.42 Å². The summed E-state index contributed by atoms with van der Waals surface area (Å²) in [5.41, 5.74) is 0.314. The number of amides is 2. The van der Waals surface area contributed by atoms with E-state index in [9.17, 15) is 14.0 Å². The molecule has 0 heterocycles. The number of ether oxygens (including phenoxy) is 3. The van der Waals surface area contributed by atoms with Crippen LogP contribution in [-0.4, -0.2) is 50.1 Å². The summed E-state index contributed by atoms with van der Waals surface area (Å²) in [7, 11) is 3.02. The first-order valence-electron chi connectivity index (χ1n) is 10.1. The quantitative estimate of drug-likeness (QED) is 0.590. The predicted octanol–water partition coefficient (Wildman–Crippen LogP) is 3.17. The van der Waals surface area contributed by atoms with Gasteiger partial charge in [-0.3, -0.25) is 9.59 Å². The third-order valence-corrected chi connectivity index (χ3v) is 4.70. The zero-order valence-electron chi connectivity index (χ0n) is 18.3. The second-order valence-corrected chi connectivity index (χ2v) is 6.92. The highest BCUT2D eigenvalue weighted by atomic mass is 19.1. The van der Waals surface area contributed by atoms with E-state index < -0.39 is 17.8 Å². The van der Waals surface area contributed by atoms with E-state index in [-0.39, 0.29) is 19.1 Å². The molecule has 0 saturated heterocycles. The predicted molar refractivity (Wildman–Crippen MR) is 115 cm³/mol. The molecule has 0 aliphatic rings. The molecule has 2 rings (SSSR count). The monoisotopic (exact) mass is 432 g/mol. The number of rotatable bonds is 11. The first kappa shape index (κ1) is 24.0. The van der Waals surface area contributed by atoms with Gasteiger partial charge in [0.25, 0.3) is 5.91 Å². The Morgan fingerprint density at radius 3 is 2.26 bits per heavy atom. The number of methoxy groups -OCH3 is 2. The topological polar surface area (TPSA) is 77.1 Å². The fourth-order valence-electron chi connectivity index (χ4n) is 2.88. The summed E-state index contributed by atoms with van der Waals surface area (Å²) in [5, 5.41) is 2.77. The highest BCUT2D eigenvalue weighted by molar-refractivity contribution is 5.87. The molecule has 2 aromatic carbocycles. The molecule has 8 heteroatoms. The van der Waals surface area contributed by atoms with Crippen LogP contribution in [0.1, 0.15) is 25.8 Å². The van der Waals surface area contributed by atoms with Gasteiger partial charge in [0, 0.05) is 36.9 Å². The molecule has 0 saturated carbocycles. The van der Waals surface area contributed by atoms with Crippen LogP contribution in [0.25, 0.3) is 0 Å². The van der Waals surface area contributed by atoms with Gasteiger partial charge in [-0.1, -0.05) is 25.1 Å². The molecule has 2 aromatic rings. The Bertz CT molecular complexity index is 868. The van der Waals surface area contributed by atoms with E-state index in [0.29, 0.717) is 29.4 Å². The summed E-state index contributed by atoms with van der Waals surface area (Å²) in [6.45, 7) is 3.64. The molecule has 0 bridgehead atoms. The lowest BCUT2D eigenvalue weighted by molar-refractivity contribution is -0.142. The smallest absolute Gasteiger partial charge is 0.261 e. The lowest BCUT2D eigenvalue weighted by Crippen LogP contribution is -2.49. The number of halogens is 1. The Morgan fingerprint density at radius 2 is 1.68 bits per heavy atom. The Labute approximate surface area is 182 Å². The maximum atomic E-state index is 14.2. The Hall–Kier alpha value is -3.29. The van der Waals surface area contributed by atoms with Crippen LogP contribution in [-0.2, 0) is 16.1 Å². The summed E-state index contributed by atoms with van der Waals surface area (Å²) >= 11 is 0. The Balaban J connectivity index is 2.19. The van der Waals surface area contributed by atoms with Gasteiger partial charge in [0.2, 0.25) is 5.91 Å². The van der Waals surface area contributed by atoms with Gasteiger partial charge in [-0.05, 0) is 19.4 Å².